The lowest BCUT2D eigenvalue weighted by molar-refractivity contribution is -0.384. The second-order valence-electron chi connectivity index (χ2n) is 5.02. The monoisotopic (exact) mass is 312 g/mol. The summed E-state index contributed by atoms with van der Waals surface area (Å²) in [5.74, 6) is -0.513. The third-order valence-corrected chi connectivity index (χ3v) is 3.47. The van der Waals surface area contributed by atoms with E-state index in [-0.39, 0.29) is 23.5 Å². The molecule has 0 spiro atoms. The van der Waals surface area contributed by atoms with E-state index in [9.17, 15) is 19.7 Å². The minimum absolute atomic E-state index is 0.0446. The number of nitro benzene ring substituents is 1. The Kier molecular flexibility index (Phi) is 3.49. The molecular formula is C15H12N4O4. The van der Waals surface area contributed by atoms with E-state index in [1.54, 1.807) is 12.1 Å². The van der Waals surface area contributed by atoms with Gasteiger partial charge in [0.15, 0.2) is 0 Å². The first-order chi connectivity index (χ1) is 11.0. The Morgan fingerprint density at radius 2 is 1.91 bits per heavy atom. The van der Waals surface area contributed by atoms with Crippen molar-refractivity contribution in [2.24, 2.45) is 0 Å². The molecule has 2 amide bonds. The first-order valence-electron chi connectivity index (χ1n) is 6.79. The fourth-order valence-corrected chi connectivity index (χ4v) is 2.34. The molecule has 0 atom stereocenters. The molecule has 1 aliphatic rings. The lowest BCUT2D eigenvalue weighted by atomic mass is 10.1. The first-order valence-corrected chi connectivity index (χ1v) is 6.79. The smallest absolute Gasteiger partial charge is 0.270 e. The number of anilines is 1. The topological polar surface area (TPSA) is 105 Å². The number of carbonyl (C=O) groups is 2. The Labute approximate surface area is 130 Å². The zero-order valence-electron chi connectivity index (χ0n) is 12.1. The zero-order chi connectivity index (χ0) is 16.6. The molecule has 0 saturated carbocycles. The molecule has 0 bridgehead atoms. The van der Waals surface area contributed by atoms with Gasteiger partial charge in [-0.05, 0) is 25.1 Å². The van der Waals surface area contributed by atoms with E-state index in [1.165, 1.54) is 12.1 Å². The average molecular weight is 312 g/mol. The van der Waals surface area contributed by atoms with Gasteiger partial charge >= 0.3 is 0 Å². The van der Waals surface area contributed by atoms with Crippen LogP contribution in [0.4, 0.5) is 11.5 Å². The highest BCUT2D eigenvalue weighted by atomic mass is 16.6. The number of nitrogens with one attached hydrogen (secondary N) is 1. The molecule has 2 aromatic rings. The maximum absolute atomic E-state index is 12.3. The molecule has 8 nitrogen and oxygen atoms in total. The number of pyridine rings is 1. The number of hydrogen-bond acceptors (Lipinski definition) is 6. The highest BCUT2D eigenvalue weighted by molar-refractivity contribution is 6.21. The van der Waals surface area contributed by atoms with Crippen LogP contribution in [0.3, 0.4) is 0 Å². The van der Waals surface area contributed by atoms with E-state index in [1.807, 2.05) is 13.0 Å². The summed E-state index contributed by atoms with van der Waals surface area (Å²) in [6, 6.07) is 8.99. The number of carbonyl (C=O) groups excluding carboxylic acids is 2. The van der Waals surface area contributed by atoms with Crippen LogP contribution in [0.15, 0.2) is 36.4 Å². The molecule has 23 heavy (non-hydrogen) atoms. The van der Waals surface area contributed by atoms with Gasteiger partial charge in [-0.2, -0.15) is 0 Å². The standard InChI is InChI=1S/C15H12N4O4/c1-9-3-2-4-13(17-9)16-8-18-14(20)11-6-5-10(19(22)23)7-12(11)15(18)21/h2-7H,8H2,1H3,(H,16,17). The minimum atomic E-state index is -0.602. The number of aromatic nitrogens is 1. The molecule has 3 rings (SSSR count). The van der Waals surface area contributed by atoms with E-state index >= 15 is 0 Å². The Balaban J connectivity index is 1.81. The molecule has 116 valence electrons. The highest BCUT2D eigenvalue weighted by Crippen LogP contribution is 2.26. The van der Waals surface area contributed by atoms with Crippen LogP contribution in [0.2, 0.25) is 0 Å². The Hall–Kier alpha value is -3.29. The van der Waals surface area contributed by atoms with Crippen molar-refractivity contribution in [2.45, 2.75) is 6.92 Å². The minimum Gasteiger partial charge on any atom is -0.352 e. The summed E-state index contributed by atoms with van der Waals surface area (Å²) in [7, 11) is 0. The van der Waals surface area contributed by atoms with Crippen LogP contribution < -0.4 is 5.32 Å². The molecular weight excluding hydrogens is 300 g/mol. The van der Waals surface area contributed by atoms with Crippen molar-refractivity contribution >= 4 is 23.3 Å². The number of aryl methyl sites for hydroxylation is 1. The van der Waals surface area contributed by atoms with E-state index in [2.05, 4.69) is 10.3 Å². The van der Waals surface area contributed by atoms with Gasteiger partial charge in [0.05, 0.1) is 22.7 Å². The third kappa shape index (κ3) is 2.61. The predicted octanol–water partition coefficient (Wildman–Crippen LogP) is 1.96. The summed E-state index contributed by atoms with van der Waals surface area (Å²) < 4.78 is 0. The van der Waals surface area contributed by atoms with Gasteiger partial charge < -0.3 is 5.32 Å². The fraction of sp³-hybridized carbons (Fsp3) is 0.133. The maximum Gasteiger partial charge on any atom is 0.270 e. The summed E-state index contributed by atoms with van der Waals surface area (Å²) in [6.45, 7) is 1.77. The van der Waals surface area contributed by atoms with Crippen molar-refractivity contribution in [3.05, 3.63) is 63.3 Å². The lowest BCUT2D eigenvalue weighted by Crippen LogP contribution is -2.34. The maximum atomic E-state index is 12.3. The number of nitrogens with zero attached hydrogens (tertiary/aromatic N) is 3. The van der Waals surface area contributed by atoms with Crippen LogP contribution in [0.25, 0.3) is 0 Å². The SMILES string of the molecule is Cc1cccc(NCN2C(=O)c3ccc([N+](=O)[O-])cc3C2=O)n1. The van der Waals surface area contributed by atoms with Crippen molar-refractivity contribution in [2.75, 3.05) is 12.0 Å². The number of rotatable bonds is 4. The molecule has 0 unspecified atom stereocenters. The average Bonchev–Trinajstić information content (AvgIpc) is 2.76. The van der Waals surface area contributed by atoms with Crippen LogP contribution in [-0.4, -0.2) is 33.3 Å². The van der Waals surface area contributed by atoms with Crippen molar-refractivity contribution in [1.82, 2.24) is 9.88 Å². The third-order valence-electron chi connectivity index (χ3n) is 3.47. The molecule has 1 aliphatic heterocycles. The lowest BCUT2D eigenvalue weighted by Gasteiger charge is -2.15. The van der Waals surface area contributed by atoms with E-state index in [0.29, 0.717) is 5.82 Å². The molecule has 0 radical (unpaired) electrons. The first kappa shape index (κ1) is 14.6. The number of benzene rings is 1. The number of fused-ring (bicyclic) bond motifs is 1. The second kappa shape index (κ2) is 5.48. The fourth-order valence-electron chi connectivity index (χ4n) is 2.34. The number of hydrogen-bond donors (Lipinski definition) is 1. The number of nitro groups is 1. The van der Waals surface area contributed by atoms with Crippen LogP contribution in [0.1, 0.15) is 26.4 Å². The van der Waals surface area contributed by atoms with Gasteiger partial charge in [-0.15, -0.1) is 0 Å². The zero-order valence-corrected chi connectivity index (χ0v) is 12.1. The molecule has 2 heterocycles. The number of non-ortho nitro benzene ring substituents is 1. The quantitative estimate of drug-likeness (QED) is 0.525. The molecule has 1 aromatic carbocycles. The van der Waals surface area contributed by atoms with Crippen molar-refractivity contribution in [1.29, 1.82) is 0 Å². The molecule has 1 N–H and O–H groups in total. The van der Waals surface area contributed by atoms with Gasteiger partial charge in [-0.1, -0.05) is 6.07 Å². The van der Waals surface area contributed by atoms with Crippen molar-refractivity contribution in [3.8, 4) is 0 Å². The van der Waals surface area contributed by atoms with Gasteiger partial charge in [0.2, 0.25) is 0 Å². The predicted molar refractivity (Wildman–Crippen MR) is 81.1 cm³/mol. The van der Waals surface area contributed by atoms with Crippen LogP contribution in [0.5, 0.6) is 0 Å². The molecule has 0 aliphatic carbocycles. The summed E-state index contributed by atoms with van der Waals surface area (Å²) in [5, 5.41) is 13.7. The number of imide groups is 1. The molecule has 8 heteroatoms. The highest BCUT2D eigenvalue weighted by Gasteiger charge is 2.36. The van der Waals surface area contributed by atoms with Gasteiger partial charge in [-0.25, -0.2) is 4.98 Å². The van der Waals surface area contributed by atoms with Crippen molar-refractivity contribution < 1.29 is 14.5 Å². The van der Waals surface area contributed by atoms with Crippen LogP contribution >= 0.6 is 0 Å². The molecule has 0 saturated heterocycles. The largest absolute Gasteiger partial charge is 0.352 e. The summed E-state index contributed by atoms with van der Waals surface area (Å²) in [5.41, 5.74) is 0.788. The van der Waals surface area contributed by atoms with Crippen molar-refractivity contribution in [3.63, 3.8) is 0 Å². The van der Waals surface area contributed by atoms with E-state index in [4.69, 9.17) is 0 Å². The van der Waals surface area contributed by atoms with E-state index < -0.39 is 16.7 Å². The Morgan fingerprint density at radius 1 is 1.17 bits per heavy atom. The van der Waals surface area contributed by atoms with E-state index in [0.717, 1.165) is 16.7 Å². The molecule has 0 fully saturated rings. The normalized spacial score (nSPS) is 13.2. The molecule has 1 aromatic heterocycles. The van der Waals surface area contributed by atoms with Gasteiger partial charge in [0.25, 0.3) is 17.5 Å². The van der Waals surface area contributed by atoms with Crippen LogP contribution in [0, 0.1) is 17.0 Å². The van der Waals surface area contributed by atoms with Gasteiger partial charge in [0.1, 0.15) is 5.82 Å². The Morgan fingerprint density at radius 3 is 2.61 bits per heavy atom. The summed E-state index contributed by atoms with van der Waals surface area (Å²) >= 11 is 0. The second-order valence-corrected chi connectivity index (χ2v) is 5.02. The summed E-state index contributed by atoms with van der Waals surface area (Å²) in [6.07, 6.45) is 0. The van der Waals surface area contributed by atoms with Crippen LogP contribution in [-0.2, 0) is 0 Å². The van der Waals surface area contributed by atoms with Gasteiger partial charge in [-0.3, -0.25) is 24.6 Å². The van der Waals surface area contributed by atoms with Gasteiger partial charge in [0, 0.05) is 17.8 Å². The Bertz CT molecular complexity index is 834. The number of amides is 2. The summed E-state index contributed by atoms with van der Waals surface area (Å²) in [4.78, 5) is 39.9.